The van der Waals surface area contributed by atoms with Crippen LogP contribution in [-0.2, 0) is 4.79 Å². The zero-order valence-corrected chi connectivity index (χ0v) is 17.5. The smallest absolute Gasteiger partial charge is 0.161 e. The third kappa shape index (κ3) is 3.02. The second-order valence-corrected chi connectivity index (χ2v) is 9.00. The SMILES string of the molecule is Cc1ccc(C2C(C#N)=C(N)N(c3ccc(Cl)c(Cl)c3)C3=C2C(=O)CCC3)s1. The van der Waals surface area contributed by atoms with Crippen molar-refractivity contribution in [3.63, 3.8) is 0 Å². The largest absolute Gasteiger partial charge is 0.384 e. The molecule has 1 unspecified atom stereocenters. The predicted octanol–water partition coefficient (Wildman–Crippen LogP) is 5.67. The fraction of sp³-hybridized carbons (Fsp3) is 0.238. The molecule has 1 aliphatic carbocycles. The average Bonchev–Trinajstić information content (AvgIpc) is 3.09. The lowest BCUT2D eigenvalue weighted by Crippen LogP contribution is -2.38. The Bertz CT molecular complexity index is 1090. The van der Waals surface area contributed by atoms with E-state index in [9.17, 15) is 10.1 Å². The van der Waals surface area contributed by atoms with Crippen molar-refractivity contribution < 1.29 is 4.79 Å². The highest BCUT2D eigenvalue weighted by Crippen LogP contribution is 2.48. The summed E-state index contributed by atoms with van der Waals surface area (Å²) < 4.78 is 0. The molecule has 1 aromatic carbocycles. The molecule has 142 valence electrons. The maximum absolute atomic E-state index is 13.0. The number of thiophene rings is 1. The van der Waals surface area contributed by atoms with E-state index in [2.05, 4.69) is 6.07 Å². The Kier molecular flexibility index (Phi) is 4.96. The van der Waals surface area contributed by atoms with E-state index in [-0.39, 0.29) is 5.78 Å². The summed E-state index contributed by atoms with van der Waals surface area (Å²) in [6.07, 6.45) is 1.94. The normalized spacial score (nSPS) is 19.7. The van der Waals surface area contributed by atoms with Crippen LogP contribution in [0.5, 0.6) is 0 Å². The van der Waals surface area contributed by atoms with Crippen LogP contribution < -0.4 is 10.6 Å². The predicted molar refractivity (Wildman–Crippen MR) is 113 cm³/mol. The van der Waals surface area contributed by atoms with Gasteiger partial charge >= 0.3 is 0 Å². The van der Waals surface area contributed by atoms with Crippen molar-refractivity contribution in [2.45, 2.75) is 32.1 Å². The molecule has 0 radical (unpaired) electrons. The van der Waals surface area contributed by atoms with Crippen LogP contribution in [0.2, 0.25) is 10.0 Å². The van der Waals surface area contributed by atoms with Gasteiger partial charge < -0.3 is 5.73 Å². The van der Waals surface area contributed by atoms with Crippen LogP contribution in [0.25, 0.3) is 0 Å². The fourth-order valence-corrected chi connectivity index (χ4v) is 5.19. The number of hydrogen-bond donors (Lipinski definition) is 1. The van der Waals surface area contributed by atoms with E-state index in [1.807, 2.05) is 19.1 Å². The summed E-state index contributed by atoms with van der Waals surface area (Å²) in [7, 11) is 0. The number of nitrogens with two attached hydrogens (primary N) is 1. The lowest BCUT2D eigenvalue weighted by Gasteiger charge is -2.39. The molecule has 1 aliphatic heterocycles. The van der Waals surface area contributed by atoms with E-state index >= 15 is 0 Å². The Balaban J connectivity index is 1.97. The highest BCUT2D eigenvalue weighted by atomic mass is 35.5. The molecular formula is C21H17Cl2N3OS. The van der Waals surface area contributed by atoms with Crippen LogP contribution >= 0.6 is 34.5 Å². The van der Waals surface area contributed by atoms with Gasteiger partial charge in [-0.3, -0.25) is 9.69 Å². The third-order valence-corrected chi connectivity index (χ3v) is 6.92. The van der Waals surface area contributed by atoms with Crippen molar-refractivity contribution in [1.82, 2.24) is 0 Å². The van der Waals surface area contributed by atoms with E-state index < -0.39 is 5.92 Å². The molecule has 7 heteroatoms. The molecule has 0 saturated carbocycles. The lowest BCUT2D eigenvalue weighted by atomic mass is 9.78. The van der Waals surface area contributed by atoms with Crippen molar-refractivity contribution in [2.75, 3.05) is 4.90 Å². The number of allylic oxidation sites excluding steroid dienone is 3. The number of nitriles is 1. The number of aryl methyl sites for hydroxylation is 1. The van der Waals surface area contributed by atoms with Crippen LogP contribution in [0.4, 0.5) is 5.69 Å². The van der Waals surface area contributed by atoms with Gasteiger partial charge in [-0.05, 0) is 50.1 Å². The van der Waals surface area contributed by atoms with Gasteiger partial charge in [-0.25, -0.2) is 0 Å². The molecule has 1 atom stereocenters. The van der Waals surface area contributed by atoms with Crippen LogP contribution in [0, 0.1) is 18.3 Å². The zero-order chi connectivity index (χ0) is 20.0. The maximum atomic E-state index is 13.0. The van der Waals surface area contributed by atoms with Gasteiger partial charge in [0.15, 0.2) is 5.78 Å². The zero-order valence-electron chi connectivity index (χ0n) is 15.1. The minimum atomic E-state index is -0.412. The molecule has 0 bridgehead atoms. The summed E-state index contributed by atoms with van der Waals surface area (Å²) >= 11 is 13.9. The molecule has 2 aliphatic rings. The van der Waals surface area contributed by atoms with Gasteiger partial charge in [-0.2, -0.15) is 5.26 Å². The van der Waals surface area contributed by atoms with Crippen molar-refractivity contribution in [1.29, 1.82) is 5.26 Å². The number of Topliss-reactive ketones (excluding diaryl/α,β-unsaturated/α-hetero) is 1. The van der Waals surface area contributed by atoms with Gasteiger partial charge in [0.2, 0.25) is 0 Å². The molecule has 1 aromatic heterocycles. The molecule has 0 fully saturated rings. The summed E-state index contributed by atoms with van der Waals surface area (Å²) in [6, 6.07) is 11.5. The van der Waals surface area contributed by atoms with Crippen LogP contribution in [0.3, 0.4) is 0 Å². The minimum Gasteiger partial charge on any atom is -0.384 e. The first-order chi connectivity index (χ1) is 13.4. The number of halogens is 2. The summed E-state index contributed by atoms with van der Waals surface area (Å²) in [4.78, 5) is 16.9. The number of benzene rings is 1. The molecule has 0 spiro atoms. The Morgan fingerprint density at radius 1 is 1.21 bits per heavy atom. The van der Waals surface area contributed by atoms with Gasteiger partial charge in [0.25, 0.3) is 0 Å². The first-order valence-corrected chi connectivity index (χ1v) is 10.5. The number of rotatable bonds is 2. The Hall–Kier alpha value is -2.26. The van der Waals surface area contributed by atoms with Crippen LogP contribution in [0.1, 0.15) is 34.9 Å². The second-order valence-electron chi connectivity index (χ2n) is 6.86. The summed E-state index contributed by atoms with van der Waals surface area (Å²) in [5.41, 5.74) is 9.12. The molecule has 0 amide bonds. The van der Waals surface area contributed by atoms with Gasteiger partial charge in [0.1, 0.15) is 5.82 Å². The maximum Gasteiger partial charge on any atom is 0.161 e. The third-order valence-electron chi connectivity index (χ3n) is 5.12. The Morgan fingerprint density at radius 3 is 2.64 bits per heavy atom. The van der Waals surface area contributed by atoms with E-state index in [4.69, 9.17) is 28.9 Å². The number of carbonyl (C=O) groups excluding carboxylic acids is 1. The van der Waals surface area contributed by atoms with Crippen LogP contribution in [0.15, 0.2) is 53.0 Å². The number of carbonyl (C=O) groups is 1. The summed E-state index contributed by atoms with van der Waals surface area (Å²) in [5.74, 6) is -0.00136. The van der Waals surface area contributed by atoms with Crippen molar-refractivity contribution >= 4 is 46.0 Å². The van der Waals surface area contributed by atoms with Gasteiger partial charge in [0.05, 0.1) is 27.6 Å². The fourth-order valence-electron chi connectivity index (χ4n) is 3.90. The van der Waals surface area contributed by atoms with Crippen molar-refractivity contribution in [3.8, 4) is 6.07 Å². The first kappa shape index (κ1) is 19.1. The topological polar surface area (TPSA) is 70.1 Å². The second kappa shape index (κ2) is 7.29. The Morgan fingerprint density at radius 2 is 2.00 bits per heavy atom. The highest BCUT2D eigenvalue weighted by molar-refractivity contribution is 7.12. The van der Waals surface area contributed by atoms with E-state index in [1.54, 1.807) is 34.4 Å². The lowest BCUT2D eigenvalue weighted by molar-refractivity contribution is -0.116. The molecular weight excluding hydrogens is 413 g/mol. The monoisotopic (exact) mass is 429 g/mol. The average molecular weight is 430 g/mol. The standard InChI is InChI=1S/C21H17Cl2N3OS/c1-11-5-8-18(28-11)19-13(10-24)21(25)26(12-6-7-14(22)15(23)9-12)16-3-2-4-17(27)20(16)19/h5-9,19H,2-4,25H2,1H3. The number of nitrogens with zero attached hydrogens (tertiary/aromatic N) is 2. The molecule has 2 N–H and O–H groups in total. The highest BCUT2D eigenvalue weighted by Gasteiger charge is 2.40. The van der Waals surface area contributed by atoms with E-state index in [0.717, 1.165) is 21.9 Å². The van der Waals surface area contributed by atoms with Crippen LogP contribution in [-0.4, -0.2) is 5.78 Å². The number of ketones is 1. The van der Waals surface area contributed by atoms with Crippen molar-refractivity contribution in [3.05, 3.63) is 72.8 Å². The molecule has 2 aromatic rings. The quantitative estimate of drug-likeness (QED) is 0.667. The molecule has 4 nitrogen and oxygen atoms in total. The summed E-state index contributed by atoms with van der Waals surface area (Å²) in [5, 5.41) is 10.8. The molecule has 4 rings (SSSR count). The summed E-state index contributed by atoms with van der Waals surface area (Å²) in [6.45, 7) is 2.01. The van der Waals surface area contributed by atoms with Gasteiger partial charge in [-0.15, -0.1) is 11.3 Å². The minimum absolute atomic E-state index is 0.0719. The first-order valence-electron chi connectivity index (χ1n) is 8.90. The van der Waals surface area contributed by atoms with Crippen molar-refractivity contribution in [2.24, 2.45) is 5.73 Å². The van der Waals surface area contributed by atoms with E-state index in [1.165, 1.54) is 0 Å². The van der Waals surface area contributed by atoms with Gasteiger partial charge in [0, 0.05) is 33.1 Å². The Labute approximate surface area is 177 Å². The molecule has 28 heavy (non-hydrogen) atoms. The molecule has 2 heterocycles. The van der Waals surface area contributed by atoms with E-state index in [0.29, 0.717) is 45.5 Å². The number of hydrogen-bond acceptors (Lipinski definition) is 5. The molecule has 0 saturated heterocycles. The number of anilines is 1. The van der Waals surface area contributed by atoms with Gasteiger partial charge in [-0.1, -0.05) is 23.2 Å².